The number of anilines is 1. The van der Waals surface area contributed by atoms with Gasteiger partial charge in [0, 0.05) is 4.88 Å². The minimum Gasteiger partial charge on any atom is -0.266 e. The summed E-state index contributed by atoms with van der Waals surface area (Å²) in [6.45, 7) is 3.00. The summed E-state index contributed by atoms with van der Waals surface area (Å²) in [6, 6.07) is 12.1. The first-order chi connectivity index (χ1) is 9.72. The molecule has 102 valence electrons. The Morgan fingerprint density at radius 1 is 1.35 bits per heavy atom. The van der Waals surface area contributed by atoms with Crippen LogP contribution in [0.2, 0.25) is 0 Å². The van der Waals surface area contributed by atoms with Crippen molar-refractivity contribution in [3.63, 3.8) is 0 Å². The summed E-state index contributed by atoms with van der Waals surface area (Å²) in [6.07, 6.45) is 0. The minimum absolute atomic E-state index is 0.0913. The van der Waals surface area contributed by atoms with Gasteiger partial charge in [-0.2, -0.15) is 4.90 Å². The van der Waals surface area contributed by atoms with E-state index in [0.29, 0.717) is 13.1 Å². The van der Waals surface area contributed by atoms with Crippen molar-refractivity contribution in [2.75, 3.05) is 11.9 Å². The summed E-state index contributed by atoms with van der Waals surface area (Å²) in [5.74, 6) is 0.850. The quantitative estimate of drug-likeness (QED) is 0.882. The fraction of sp³-hybridized carbons (Fsp3) is 0.200. The molecule has 1 aliphatic rings. The Balaban J connectivity index is 1.76. The van der Waals surface area contributed by atoms with Crippen LogP contribution in [0.5, 0.6) is 0 Å². The smallest absolute Gasteiger partial charge is 0.266 e. The summed E-state index contributed by atoms with van der Waals surface area (Å²) in [7, 11) is 0. The number of nitrogens with one attached hydrogen (secondary N) is 2. The Morgan fingerprint density at radius 3 is 3.00 bits per heavy atom. The number of rotatable bonds is 3. The van der Waals surface area contributed by atoms with E-state index in [9.17, 15) is 4.79 Å². The minimum atomic E-state index is 0.0913. The molecule has 0 spiro atoms. The van der Waals surface area contributed by atoms with Gasteiger partial charge in [0.2, 0.25) is 0 Å². The normalized spacial score (nSPS) is 14.6. The van der Waals surface area contributed by atoms with E-state index in [-0.39, 0.29) is 5.91 Å². The maximum absolute atomic E-state index is 12.0. The van der Waals surface area contributed by atoms with Gasteiger partial charge in [-0.25, -0.2) is 5.32 Å². The Bertz CT molecular complexity index is 649. The van der Waals surface area contributed by atoms with Gasteiger partial charge in [0.25, 0.3) is 0 Å². The fourth-order valence-electron chi connectivity index (χ4n) is 2.17. The van der Waals surface area contributed by atoms with E-state index in [1.807, 2.05) is 42.6 Å². The predicted molar refractivity (Wildman–Crippen MR) is 80.5 cm³/mol. The number of aryl methyl sites for hydroxylation is 1. The Labute approximate surface area is 121 Å². The molecular formula is C15H16N3OS+. The number of carbonyl (C=O) groups excluding carboxylic acids is 1. The lowest BCUT2D eigenvalue weighted by atomic mass is 10.2. The maximum Gasteiger partial charge on any atom is 0.358 e. The van der Waals surface area contributed by atoms with Crippen molar-refractivity contribution in [2.45, 2.75) is 13.5 Å². The van der Waals surface area contributed by atoms with Crippen LogP contribution in [-0.4, -0.2) is 23.3 Å². The first-order valence-electron chi connectivity index (χ1n) is 6.49. The van der Waals surface area contributed by atoms with Crippen LogP contribution >= 0.6 is 11.3 Å². The highest BCUT2D eigenvalue weighted by Gasteiger charge is 2.33. The molecule has 0 aliphatic carbocycles. The van der Waals surface area contributed by atoms with Crippen molar-refractivity contribution >= 4 is 28.9 Å². The van der Waals surface area contributed by atoms with Crippen LogP contribution in [0.4, 0.5) is 5.69 Å². The van der Waals surface area contributed by atoms with Crippen molar-refractivity contribution in [2.24, 2.45) is 0 Å². The second kappa shape index (κ2) is 5.46. The molecule has 2 aromatic rings. The molecule has 0 saturated heterocycles. The molecule has 3 rings (SSSR count). The molecule has 0 radical (unpaired) electrons. The van der Waals surface area contributed by atoms with Crippen molar-refractivity contribution in [3.05, 3.63) is 52.2 Å². The number of hydrogen-bond donors (Lipinski definition) is 2. The maximum atomic E-state index is 12.0. The number of carbonyl (C=O) groups is 1. The molecule has 0 fully saturated rings. The molecule has 0 unspecified atom stereocenters. The average Bonchev–Trinajstić information content (AvgIpc) is 3.04. The second-order valence-electron chi connectivity index (χ2n) is 4.76. The fourth-order valence-corrected chi connectivity index (χ4v) is 2.86. The van der Waals surface area contributed by atoms with Gasteiger partial charge < -0.3 is 0 Å². The van der Waals surface area contributed by atoms with Crippen LogP contribution in [0.1, 0.15) is 10.4 Å². The summed E-state index contributed by atoms with van der Waals surface area (Å²) in [4.78, 5) is 18.0. The molecule has 1 amide bonds. The van der Waals surface area contributed by atoms with Gasteiger partial charge in [0.05, 0.1) is 5.69 Å². The van der Waals surface area contributed by atoms with Gasteiger partial charge in [-0.1, -0.05) is 18.2 Å². The third kappa shape index (κ3) is 2.72. The second-order valence-corrected chi connectivity index (χ2v) is 5.79. The zero-order valence-corrected chi connectivity index (χ0v) is 12.0. The largest absolute Gasteiger partial charge is 0.358 e. The zero-order valence-electron chi connectivity index (χ0n) is 11.2. The van der Waals surface area contributed by atoms with E-state index in [4.69, 9.17) is 0 Å². The Morgan fingerprint density at radius 2 is 2.25 bits per heavy atom. The molecule has 20 heavy (non-hydrogen) atoms. The van der Waals surface area contributed by atoms with Crippen molar-refractivity contribution in [1.82, 2.24) is 4.90 Å². The Kier molecular flexibility index (Phi) is 3.52. The van der Waals surface area contributed by atoms with Crippen molar-refractivity contribution < 1.29 is 9.79 Å². The van der Waals surface area contributed by atoms with E-state index < -0.39 is 0 Å². The number of nitrogens with zero attached hydrogens (tertiary/aromatic N) is 1. The van der Waals surface area contributed by atoms with Crippen molar-refractivity contribution in [3.8, 4) is 0 Å². The lowest BCUT2D eigenvalue weighted by Crippen LogP contribution is -2.72. The van der Waals surface area contributed by atoms with Crippen LogP contribution in [0, 0.1) is 6.92 Å². The van der Waals surface area contributed by atoms with Crippen LogP contribution in [0.25, 0.3) is 0 Å². The van der Waals surface area contributed by atoms with E-state index >= 15 is 0 Å². The zero-order chi connectivity index (χ0) is 13.9. The lowest BCUT2D eigenvalue weighted by Gasteiger charge is -2.11. The van der Waals surface area contributed by atoms with Crippen molar-refractivity contribution in [1.29, 1.82) is 0 Å². The Hall–Kier alpha value is -2.14. The summed E-state index contributed by atoms with van der Waals surface area (Å²) in [5, 5.41) is 5.31. The molecule has 5 heteroatoms. The summed E-state index contributed by atoms with van der Waals surface area (Å²) >= 11 is 1.66. The van der Waals surface area contributed by atoms with Gasteiger partial charge in [-0.15, -0.1) is 11.3 Å². The molecule has 4 nitrogen and oxygen atoms in total. The molecule has 1 aliphatic heterocycles. The third-order valence-electron chi connectivity index (χ3n) is 3.15. The van der Waals surface area contributed by atoms with Crippen LogP contribution in [0.3, 0.4) is 0 Å². The van der Waals surface area contributed by atoms with Gasteiger partial charge in [0.1, 0.15) is 6.54 Å². The number of amides is 1. The predicted octanol–water partition coefficient (Wildman–Crippen LogP) is 0.947. The van der Waals surface area contributed by atoms with Gasteiger partial charge >= 0.3 is 11.9 Å². The van der Waals surface area contributed by atoms with E-state index in [1.165, 1.54) is 10.4 Å². The third-order valence-corrected chi connectivity index (χ3v) is 4.01. The van der Waals surface area contributed by atoms with E-state index in [2.05, 4.69) is 16.4 Å². The van der Waals surface area contributed by atoms with Gasteiger partial charge in [-0.3, -0.25) is 9.79 Å². The van der Waals surface area contributed by atoms with Gasteiger partial charge in [0.15, 0.2) is 6.54 Å². The standard InChI is InChI=1S/C15H15N3OS/c1-11-4-2-5-12(8-11)17-15-16-9-14(19)18(15)10-13-6-3-7-20-13/h2-8H,9-10H2,1H3,(H,16,17)/p+1. The summed E-state index contributed by atoms with van der Waals surface area (Å²) < 4.78 is 0. The summed E-state index contributed by atoms with van der Waals surface area (Å²) in [5.41, 5.74) is 2.17. The SMILES string of the molecule is Cc1cccc(NC2=[NH+]CC(=O)N2Cc2cccs2)c1. The average molecular weight is 286 g/mol. The van der Waals surface area contributed by atoms with Crippen LogP contribution in [-0.2, 0) is 11.3 Å². The van der Waals surface area contributed by atoms with E-state index in [1.54, 1.807) is 16.2 Å². The molecular weight excluding hydrogens is 270 g/mol. The molecule has 1 aromatic heterocycles. The number of benzene rings is 1. The topological polar surface area (TPSA) is 46.3 Å². The number of thiophene rings is 1. The first-order valence-corrected chi connectivity index (χ1v) is 7.37. The molecule has 0 saturated carbocycles. The molecule has 0 bridgehead atoms. The van der Waals surface area contributed by atoms with E-state index in [0.717, 1.165) is 11.6 Å². The monoisotopic (exact) mass is 286 g/mol. The molecule has 2 N–H and O–H groups in total. The lowest BCUT2D eigenvalue weighted by molar-refractivity contribution is -0.438. The molecule has 0 atom stereocenters. The highest BCUT2D eigenvalue weighted by Crippen LogP contribution is 2.14. The highest BCUT2D eigenvalue weighted by molar-refractivity contribution is 7.09. The number of hydrogen-bond acceptors (Lipinski definition) is 3. The molecule has 2 heterocycles. The van der Waals surface area contributed by atoms with Crippen LogP contribution < -0.4 is 10.3 Å². The highest BCUT2D eigenvalue weighted by atomic mass is 32.1. The first kappa shape index (κ1) is 12.9. The van der Waals surface area contributed by atoms with Crippen LogP contribution in [0.15, 0.2) is 41.8 Å². The molecule has 1 aromatic carbocycles. The number of guanidine groups is 1. The van der Waals surface area contributed by atoms with Gasteiger partial charge in [-0.05, 0) is 36.1 Å².